The first-order chi connectivity index (χ1) is 37.1. The number of halogens is 6. The summed E-state index contributed by atoms with van der Waals surface area (Å²) >= 11 is 0. The van der Waals surface area contributed by atoms with Gasteiger partial charge in [-0.2, -0.15) is 26.3 Å². The summed E-state index contributed by atoms with van der Waals surface area (Å²) in [6.45, 7) is 8.82. The van der Waals surface area contributed by atoms with Crippen LogP contribution in [0.1, 0.15) is 79.1 Å². The van der Waals surface area contributed by atoms with E-state index in [9.17, 15) is 55.1 Å². The molecule has 0 aromatic carbocycles. The minimum absolute atomic E-state index is 0.0406. The van der Waals surface area contributed by atoms with Gasteiger partial charge < -0.3 is 66.8 Å². The Bertz CT molecular complexity index is 2360. The van der Waals surface area contributed by atoms with Gasteiger partial charge in [0.05, 0.1) is 61.7 Å². The lowest BCUT2D eigenvalue weighted by atomic mass is 9.88. The number of alkyl halides is 6. The Morgan fingerprint density at radius 1 is 0.544 bits per heavy atom. The SMILES string of the molecule is CCCOC1C=C(C(=O)O)CC(N)C1NC(=O)C(F)(F)F.CCCOC1C=C(C(=O)O)CC(N=[N+]=[N-])C1N.CCCOC1C=C(C(=O)O)CC(N=[N+]=[N-])C1NC(=O)C(F)(F)F.CCCOC1C=C(C(=O)OC)CC(N=[N+]=[N-])C1N. The van der Waals surface area contributed by atoms with Crippen LogP contribution in [0.5, 0.6) is 0 Å². The molecular formula is C45H66F6N14O14. The minimum Gasteiger partial charge on any atom is -0.478 e. The van der Waals surface area contributed by atoms with Crippen molar-refractivity contribution < 1.29 is 94.1 Å². The summed E-state index contributed by atoms with van der Waals surface area (Å²) in [4.78, 5) is 74.6. The summed E-state index contributed by atoms with van der Waals surface area (Å²) in [5, 5.41) is 40.9. The number of amides is 2. The number of nitrogens with two attached hydrogens (primary N) is 3. The van der Waals surface area contributed by atoms with Gasteiger partial charge in [-0.25, -0.2) is 19.2 Å². The maximum atomic E-state index is 12.4. The van der Waals surface area contributed by atoms with Crippen LogP contribution < -0.4 is 27.8 Å². The van der Waals surface area contributed by atoms with Crippen LogP contribution in [0.4, 0.5) is 26.3 Å². The zero-order valence-electron chi connectivity index (χ0n) is 43.6. The summed E-state index contributed by atoms with van der Waals surface area (Å²) in [5.74, 6) is -8.31. The van der Waals surface area contributed by atoms with Crippen LogP contribution in [0.25, 0.3) is 31.3 Å². The number of carbonyl (C=O) groups excluding carboxylic acids is 3. The Kier molecular flexibility index (Phi) is 30.8. The maximum Gasteiger partial charge on any atom is 0.471 e. The van der Waals surface area contributed by atoms with E-state index in [1.165, 1.54) is 19.3 Å². The molecule has 11 N–H and O–H groups in total. The molecule has 28 nitrogen and oxygen atoms in total. The van der Waals surface area contributed by atoms with Gasteiger partial charge in [0.15, 0.2) is 0 Å². The molecule has 0 radical (unpaired) electrons. The van der Waals surface area contributed by atoms with E-state index in [0.717, 1.165) is 18.9 Å². The third-order valence-corrected chi connectivity index (χ3v) is 11.5. The number of esters is 1. The molecular weight excluding hydrogens is 1070 g/mol. The number of rotatable bonds is 21. The molecule has 0 spiro atoms. The lowest BCUT2D eigenvalue weighted by molar-refractivity contribution is -0.175. The Balaban J connectivity index is 0.000000530. The van der Waals surface area contributed by atoms with E-state index in [0.29, 0.717) is 31.6 Å². The highest BCUT2D eigenvalue weighted by Gasteiger charge is 2.45. The minimum atomic E-state index is -5.12. The second-order valence-electron chi connectivity index (χ2n) is 17.5. The molecule has 0 saturated heterocycles. The van der Waals surface area contributed by atoms with Crippen molar-refractivity contribution in [3.05, 3.63) is 77.9 Å². The number of carbonyl (C=O) groups is 6. The smallest absolute Gasteiger partial charge is 0.471 e. The van der Waals surface area contributed by atoms with Gasteiger partial charge >= 0.3 is 48.0 Å². The summed E-state index contributed by atoms with van der Waals surface area (Å²) in [6.07, 6.45) is -5.01. The van der Waals surface area contributed by atoms with Crippen LogP contribution in [0, 0.1) is 0 Å². The van der Waals surface area contributed by atoms with Crippen LogP contribution in [0.3, 0.4) is 0 Å². The summed E-state index contributed by atoms with van der Waals surface area (Å²) < 4.78 is 101. The molecule has 2 amide bonds. The van der Waals surface area contributed by atoms with Crippen LogP contribution in [0.15, 0.2) is 61.9 Å². The van der Waals surface area contributed by atoms with E-state index in [-0.39, 0.29) is 55.6 Å². The standard InChI is InChI=1S/C12H15F3N4O4.C12H17F3N2O4.C11H18N4O3.C10H16N4O3/c1-2-3-23-8-5-6(10(20)21)4-7(18-19-16)9(8)17-11(22)12(13,14)15;1-2-3-21-8-5-6(10(18)19)4-7(16)9(8)17-11(20)12(13,14)15;1-3-4-18-9-6-7(11(16)17-2)5-8(10(9)12)14-15-13;1-2-3-17-8-5-6(10(15)16)4-7(9(8)11)13-14-12/h5,7-9H,2-4H2,1H3,(H,17,22)(H,20,21);5,7-9H,2-4,16H2,1H3,(H,17,20)(H,18,19);6,8-10H,3-5,12H2,1-2H3;5,7-9H,2-4,11H2,1H3,(H,15,16). The second kappa shape index (κ2) is 34.8. The van der Waals surface area contributed by atoms with E-state index in [1.807, 2.05) is 13.8 Å². The fourth-order valence-corrected chi connectivity index (χ4v) is 7.63. The van der Waals surface area contributed by atoms with Crippen LogP contribution in [-0.4, -0.2) is 170 Å². The monoisotopic (exact) mass is 1140 g/mol. The van der Waals surface area contributed by atoms with Gasteiger partial charge in [0.1, 0.15) is 0 Å². The molecule has 0 saturated carbocycles. The summed E-state index contributed by atoms with van der Waals surface area (Å²) in [7, 11) is 1.31. The first-order valence-electron chi connectivity index (χ1n) is 24.3. The largest absolute Gasteiger partial charge is 0.478 e. The Hall–Kier alpha value is -6.99. The van der Waals surface area contributed by atoms with E-state index in [1.54, 1.807) is 30.6 Å². The highest BCUT2D eigenvalue weighted by Crippen LogP contribution is 2.29. The quantitative estimate of drug-likeness (QED) is 0.0247. The van der Waals surface area contributed by atoms with Crippen LogP contribution >= 0.6 is 0 Å². The van der Waals surface area contributed by atoms with Crippen molar-refractivity contribution in [2.45, 2.75) is 164 Å². The number of ether oxygens (including phenoxy) is 5. The molecule has 79 heavy (non-hydrogen) atoms. The van der Waals surface area contributed by atoms with Crippen molar-refractivity contribution in [2.75, 3.05) is 33.5 Å². The molecule has 4 rings (SSSR count). The molecule has 0 aromatic heterocycles. The third-order valence-electron chi connectivity index (χ3n) is 11.5. The number of azide groups is 3. The van der Waals surface area contributed by atoms with Crippen molar-refractivity contribution >= 4 is 35.7 Å². The predicted octanol–water partition coefficient (Wildman–Crippen LogP) is 4.99. The topological polar surface area (TPSA) is 458 Å². The first-order valence-corrected chi connectivity index (χ1v) is 24.3. The fourth-order valence-electron chi connectivity index (χ4n) is 7.63. The van der Waals surface area contributed by atoms with Crippen LogP contribution in [-0.2, 0) is 52.5 Å². The zero-order chi connectivity index (χ0) is 60.2. The van der Waals surface area contributed by atoms with Gasteiger partial charge in [0.25, 0.3) is 0 Å². The number of nitrogens with zero attached hydrogens (tertiary/aromatic N) is 9. The van der Waals surface area contributed by atoms with E-state index >= 15 is 0 Å². The van der Waals surface area contributed by atoms with Gasteiger partial charge in [-0.3, -0.25) is 9.59 Å². The van der Waals surface area contributed by atoms with Crippen molar-refractivity contribution in [2.24, 2.45) is 32.5 Å². The second-order valence-corrected chi connectivity index (χ2v) is 17.5. The summed E-state index contributed by atoms with van der Waals surface area (Å²) in [5.41, 5.74) is 43.4. The number of carboxylic acids is 3. The summed E-state index contributed by atoms with van der Waals surface area (Å²) in [6, 6.07) is -6.63. The van der Waals surface area contributed by atoms with Gasteiger partial charge in [0.2, 0.25) is 0 Å². The normalized spacial score (nSPS) is 26.3. The highest BCUT2D eigenvalue weighted by atomic mass is 19.4. The number of hydrogen-bond acceptors (Lipinski definition) is 17. The number of hydrogen-bond donors (Lipinski definition) is 8. The zero-order valence-corrected chi connectivity index (χ0v) is 43.6. The van der Waals surface area contributed by atoms with Crippen molar-refractivity contribution in [1.82, 2.24) is 10.6 Å². The molecule has 0 fully saturated rings. The van der Waals surface area contributed by atoms with Crippen molar-refractivity contribution in [3.8, 4) is 0 Å². The van der Waals surface area contributed by atoms with Crippen molar-refractivity contribution in [1.29, 1.82) is 0 Å². The maximum absolute atomic E-state index is 12.4. The molecule has 0 aliphatic heterocycles. The van der Waals surface area contributed by atoms with Gasteiger partial charge in [-0.1, -0.05) is 43.0 Å². The van der Waals surface area contributed by atoms with Gasteiger partial charge in [-0.15, -0.1) is 0 Å². The number of nitrogens with one attached hydrogen (secondary N) is 2. The molecule has 4 aliphatic rings. The molecule has 0 bridgehead atoms. The van der Waals surface area contributed by atoms with Crippen LogP contribution in [0.2, 0.25) is 0 Å². The fraction of sp³-hybridized carbons (Fsp3) is 0.689. The molecule has 34 heteroatoms. The molecule has 4 aliphatic carbocycles. The van der Waals surface area contributed by atoms with Crippen molar-refractivity contribution in [3.63, 3.8) is 0 Å². The van der Waals surface area contributed by atoms with E-state index in [2.05, 4.69) is 34.8 Å². The lowest BCUT2D eigenvalue weighted by Gasteiger charge is -2.34. The van der Waals surface area contributed by atoms with E-state index < -0.39 is 121 Å². The Morgan fingerprint density at radius 2 is 0.848 bits per heavy atom. The number of methoxy groups -OCH3 is 1. The molecule has 12 unspecified atom stereocenters. The van der Waals surface area contributed by atoms with Gasteiger partial charge in [0, 0.05) is 81.6 Å². The molecule has 0 heterocycles. The first kappa shape index (κ1) is 70.0. The average molecular weight is 1140 g/mol. The number of aliphatic carboxylic acids is 3. The lowest BCUT2D eigenvalue weighted by Crippen LogP contribution is -2.59. The highest BCUT2D eigenvalue weighted by molar-refractivity contribution is 5.89. The van der Waals surface area contributed by atoms with E-state index in [4.69, 9.17) is 68.1 Å². The molecule has 0 aromatic rings. The Morgan fingerprint density at radius 3 is 1.20 bits per heavy atom. The average Bonchev–Trinajstić information content (AvgIpc) is 3.38. The molecule has 442 valence electrons. The Labute approximate surface area is 447 Å². The predicted molar refractivity (Wildman–Crippen MR) is 265 cm³/mol. The third kappa shape index (κ3) is 23.5. The number of carboxylic acid groups (broad SMARTS) is 3. The van der Waals surface area contributed by atoms with Gasteiger partial charge in [-0.05, 0) is 92.3 Å². The molecule has 12 atom stereocenters.